The molecule has 2 nitrogen and oxygen atoms in total. The van der Waals surface area contributed by atoms with E-state index in [1.165, 1.54) is 32.1 Å². The Kier molecular flexibility index (Phi) is 4.85. The highest BCUT2D eigenvalue weighted by Crippen LogP contribution is 2.47. The Labute approximate surface area is 112 Å². The highest BCUT2D eigenvalue weighted by Gasteiger charge is 2.38. The first kappa shape index (κ1) is 14.1. The average molecular weight is 251 g/mol. The molecule has 6 atom stereocenters. The molecule has 2 N–H and O–H groups in total. The third-order valence-electron chi connectivity index (χ3n) is 5.19. The molecule has 4 unspecified atom stereocenters. The lowest BCUT2D eigenvalue weighted by atomic mass is 9.78. The lowest BCUT2D eigenvalue weighted by Gasteiger charge is -2.30. The molecule has 18 heavy (non-hydrogen) atoms. The van der Waals surface area contributed by atoms with Crippen molar-refractivity contribution in [2.45, 2.75) is 59.0 Å². The van der Waals surface area contributed by atoms with E-state index in [0.29, 0.717) is 11.8 Å². The van der Waals surface area contributed by atoms with Gasteiger partial charge in [0.15, 0.2) is 0 Å². The summed E-state index contributed by atoms with van der Waals surface area (Å²) in [6.07, 6.45) is 11.7. The zero-order valence-corrected chi connectivity index (χ0v) is 12.1. The van der Waals surface area contributed by atoms with Gasteiger partial charge in [0.1, 0.15) is 0 Å². The molecular weight excluding hydrogens is 222 g/mol. The van der Waals surface area contributed by atoms with E-state index < -0.39 is 0 Å². The van der Waals surface area contributed by atoms with Crippen molar-refractivity contribution in [3.8, 4) is 0 Å². The molecule has 0 aromatic heterocycles. The normalized spacial score (nSPS) is 35.4. The minimum Gasteiger partial charge on any atom is -0.301 e. The van der Waals surface area contributed by atoms with Gasteiger partial charge >= 0.3 is 0 Å². The third kappa shape index (κ3) is 3.36. The van der Waals surface area contributed by atoms with E-state index in [0.717, 1.165) is 17.8 Å². The van der Waals surface area contributed by atoms with Crippen molar-refractivity contribution < 1.29 is 4.84 Å². The van der Waals surface area contributed by atoms with Gasteiger partial charge in [-0.1, -0.05) is 32.4 Å². The van der Waals surface area contributed by atoms with Gasteiger partial charge in [0, 0.05) is 0 Å². The Morgan fingerprint density at radius 3 is 2.72 bits per heavy atom. The van der Waals surface area contributed by atoms with Crippen LogP contribution in [0.4, 0.5) is 0 Å². The van der Waals surface area contributed by atoms with E-state index in [2.05, 4.69) is 32.9 Å². The third-order valence-corrected chi connectivity index (χ3v) is 5.19. The molecule has 0 spiro atoms. The molecule has 2 rings (SSSR count). The van der Waals surface area contributed by atoms with Crippen LogP contribution < -0.4 is 5.90 Å². The predicted molar refractivity (Wildman–Crippen MR) is 75.8 cm³/mol. The van der Waals surface area contributed by atoms with E-state index in [4.69, 9.17) is 10.7 Å². The quantitative estimate of drug-likeness (QED) is 0.573. The van der Waals surface area contributed by atoms with Gasteiger partial charge in [-0.2, -0.15) is 0 Å². The largest absolute Gasteiger partial charge is 0.301 e. The lowest BCUT2D eigenvalue weighted by molar-refractivity contribution is 0.000511. The zero-order chi connectivity index (χ0) is 13.1. The van der Waals surface area contributed by atoms with Crippen molar-refractivity contribution >= 4 is 0 Å². The Hall–Kier alpha value is -0.340. The summed E-state index contributed by atoms with van der Waals surface area (Å²) in [5.74, 6) is 9.35. The van der Waals surface area contributed by atoms with E-state index in [1.807, 2.05) is 0 Å². The van der Waals surface area contributed by atoms with Crippen molar-refractivity contribution in [3.63, 3.8) is 0 Å². The second-order valence-corrected chi connectivity index (χ2v) is 6.54. The van der Waals surface area contributed by atoms with Crippen LogP contribution in [0.15, 0.2) is 12.2 Å². The Morgan fingerprint density at radius 1 is 1.28 bits per heavy atom. The molecule has 2 aliphatic carbocycles. The second kappa shape index (κ2) is 6.21. The van der Waals surface area contributed by atoms with Crippen LogP contribution in [0.25, 0.3) is 0 Å². The molecule has 0 aromatic rings. The highest BCUT2D eigenvalue weighted by atomic mass is 16.6. The molecule has 1 fully saturated rings. The van der Waals surface area contributed by atoms with E-state index in [9.17, 15) is 0 Å². The maximum Gasteiger partial charge on any atom is 0.0793 e. The molecule has 104 valence electrons. The summed E-state index contributed by atoms with van der Waals surface area (Å²) in [7, 11) is 0. The van der Waals surface area contributed by atoms with Crippen molar-refractivity contribution in [1.82, 2.24) is 0 Å². The number of fused-ring (bicyclic) bond motifs is 1. The second-order valence-electron chi connectivity index (χ2n) is 6.54. The molecule has 0 aliphatic heterocycles. The summed E-state index contributed by atoms with van der Waals surface area (Å²) in [5, 5.41) is 0. The summed E-state index contributed by atoms with van der Waals surface area (Å²) in [6.45, 7) is 6.74. The van der Waals surface area contributed by atoms with Crippen LogP contribution in [-0.2, 0) is 4.84 Å². The lowest BCUT2D eigenvalue weighted by Crippen LogP contribution is -2.31. The van der Waals surface area contributed by atoms with Crippen molar-refractivity contribution in [1.29, 1.82) is 0 Å². The summed E-state index contributed by atoms with van der Waals surface area (Å²) in [6, 6.07) is 0. The molecule has 0 aromatic carbocycles. The number of hydrogen-bond acceptors (Lipinski definition) is 2. The first-order valence-corrected chi connectivity index (χ1v) is 7.69. The van der Waals surface area contributed by atoms with E-state index >= 15 is 0 Å². The van der Waals surface area contributed by atoms with Gasteiger partial charge in [-0.15, -0.1) is 0 Å². The van der Waals surface area contributed by atoms with Gasteiger partial charge in [-0.3, -0.25) is 0 Å². The molecule has 2 heteroatoms. The Bertz CT molecular complexity index is 289. The number of nitrogens with two attached hydrogens (primary N) is 1. The fourth-order valence-corrected chi connectivity index (χ4v) is 3.43. The highest BCUT2D eigenvalue weighted by molar-refractivity contribution is 5.08. The average Bonchev–Trinajstić information content (AvgIpc) is 3.14. The van der Waals surface area contributed by atoms with Gasteiger partial charge in [-0.05, 0) is 62.2 Å². The van der Waals surface area contributed by atoms with Crippen molar-refractivity contribution in [2.75, 3.05) is 0 Å². The first-order valence-electron chi connectivity index (χ1n) is 7.69. The molecule has 2 aliphatic rings. The van der Waals surface area contributed by atoms with Crippen LogP contribution >= 0.6 is 0 Å². The van der Waals surface area contributed by atoms with Gasteiger partial charge in [0.25, 0.3) is 0 Å². The van der Waals surface area contributed by atoms with Gasteiger partial charge in [-0.25, -0.2) is 5.90 Å². The van der Waals surface area contributed by atoms with Crippen LogP contribution in [0.1, 0.15) is 52.9 Å². The number of allylic oxidation sites excluding steroid dienone is 2. The van der Waals surface area contributed by atoms with Gasteiger partial charge < -0.3 is 4.84 Å². The fourth-order valence-electron chi connectivity index (χ4n) is 3.43. The monoisotopic (exact) mass is 251 g/mol. The van der Waals surface area contributed by atoms with E-state index in [1.54, 1.807) is 0 Å². The summed E-state index contributed by atoms with van der Waals surface area (Å²) < 4.78 is 0. The minimum absolute atomic E-state index is 0.170. The summed E-state index contributed by atoms with van der Waals surface area (Å²) >= 11 is 0. The molecular formula is C16H29NO. The topological polar surface area (TPSA) is 35.2 Å². The van der Waals surface area contributed by atoms with Crippen LogP contribution in [0.3, 0.4) is 0 Å². The molecule has 0 heterocycles. The van der Waals surface area contributed by atoms with Crippen molar-refractivity contribution in [2.24, 2.45) is 35.5 Å². The first-order chi connectivity index (χ1) is 8.65. The van der Waals surface area contributed by atoms with Crippen molar-refractivity contribution in [3.05, 3.63) is 12.2 Å². The SMILES string of the molecule is CCC(C)CC([C@@H]1C=CC2CC2CC1)[C@@H](C)ON. The predicted octanol–water partition coefficient (Wildman–Crippen LogP) is 3.92. The minimum atomic E-state index is 0.170. The standard InChI is InChI=1S/C16H29NO/c1-4-11(2)9-16(12(3)18-17)13-5-7-14-10-15(14)8-6-13/h5,7,11-16H,4,6,8-10,17H2,1-3H3/t11?,12-,13-,14?,15?,16?/m1/s1. The Morgan fingerprint density at radius 2 is 2.06 bits per heavy atom. The maximum atomic E-state index is 5.45. The molecule has 0 saturated heterocycles. The molecule has 0 amide bonds. The van der Waals surface area contributed by atoms with Crippen LogP contribution in [0.2, 0.25) is 0 Å². The van der Waals surface area contributed by atoms with E-state index in [-0.39, 0.29) is 6.10 Å². The maximum absolute atomic E-state index is 5.45. The summed E-state index contributed by atoms with van der Waals surface area (Å²) in [4.78, 5) is 5.16. The number of rotatable bonds is 6. The van der Waals surface area contributed by atoms with Gasteiger partial charge in [0.2, 0.25) is 0 Å². The summed E-state index contributed by atoms with van der Waals surface area (Å²) in [5.41, 5.74) is 0. The Balaban J connectivity index is 2.00. The molecule has 0 bridgehead atoms. The molecule has 0 radical (unpaired) electrons. The van der Waals surface area contributed by atoms with Crippen LogP contribution in [0, 0.1) is 29.6 Å². The smallest absolute Gasteiger partial charge is 0.0793 e. The fraction of sp³-hybridized carbons (Fsp3) is 0.875. The molecule has 1 saturated carbocycles. The zero-order valence-electron chi connectivity index (χ0n) is 12.1. The van der Waals surface area contributed by atoms with Crippen LogP contribution in [0.5, 0.6) is 0 Å². The van der Waals surface area contributed by atoms with Crippen LogP contribution in [-0.4, -0.2) is 6.10 Å². The van der Waals surface area contributed by atoms with Gasteiger partial charge in [0.05, 0.1) is 6.10 Å². The number of hydrogen-bond donors (Lipinski definition) is 1.